The fourth-order valence-corrected chi connectivity index (χ4v) is 3.60. The van der Waals surface area contributed by atoms with Gasteiger partial charge >= 0.3 is 5.97 Å². The van der Waals surface area contributed by atoms with E-state index in [9.17, 15) is 14.7 Å². The molecule has 9 heteroatoms. The van der Waals surface area contributed by atoms with E-state index in [2.05, 4.69) is 15.5 Å². The number of aromatic nitrogens is 4. The zero-order valence-electron chi connectivity index (χ0n) is 15.6. The number of carboxylic acids is 1. The Morgan fingerprint density at radius 2 is 1.88 bits per heavy atom. The van der Waals surface area contributed by atoms with Crippen LogP contribution in [0.1, 0.15) is 28.3 Å². The number of carbonyl (C=O) groups excluding carboxylic acids is 1. The van der Waals surface area contributed by atoms with E-state index in [1.54, 1.807) is 34.4 Å². The Kier molecular flexibility index (Phi) is 4.57. The van der Waals surface area contributed by atoms with Crippen molar-refractivity contribution in [2.75, 3.05) is 13.6 Å². The van der Waals surface area contributed by atoms with Crippen LogP contribution in [-0.4, -0.2) is 67.1 Å². The van der Waals surface area contributed by atoms with Gasteiger partial charge in [0.15, 0.2) is 0 Å². The summed E-state index contributed by atoms with van der Waals surface area (Å²) >= 11 is 0. The first-order chi connectivity index (χ1) is 12.2. The van der Waals surface area contributed by atoms with Crippen LogP contribution in [0.3, 0.4) is 0 Å². The molecule has 1 amide bonds. The number of hydrogen-bond donors (Lipinski definition) is 2. The molecule has 2 aromatic heterocycles. The van der Waals surface area contributed by atoms with Gasteiger partial charge in [-0.15, -0.1) is 0 Å². The second kappa shape index (κ2) is 6.56. The topological polar surface area (TPSA) is 105 Å². The minimum Gasteiger partial charge on any atom is -0.480 e. The van der Waals surface area contributed by atoms with Crippen molar-refractivity contribution in [3.8, 4) is 11.3 Å². The monoisotopic (exact) mass is 360 g/mol. The molecular weight excluding hydrogens is 336 g/mol. The standard InChI is InChI=1S/C17H24N6O3/c1-9-15(10(2)22(4)19-9)12-7-13(23(5)20-12)16(24)18-11-6-14(17(25)26)21(3)8-11/h7,11,14H,6,8H2,1-5H3,(H,18,24)(H,25,26)/t11-,14-/m0/s1. The maximum absolute atomic E-state index is 12.7. The lowest BCUT2D eigenvalue weighted by Gasteiger charge is -2.13. The molecule has 3 heterocycles. The van der Waals surface area contributed by atoms with Crippen molar-refractivity contribution in [3.63, 3.8) is 0 Å². The number of likely N-dealkylation sites (tertiary alicyclic amines) is 1. The number of nitrogens with zero attached hydrogens (tertiary/aromatic N) is 5. The third kappa shape index (κ3) is 3.10. The van der Waals surface area contributed by atoms with Gasteiger partial charge in [0.2, 0.25) is 0 Å². The first-order valence-electron chi connectivity index (χ1n) is 8.47. The summed E-state index contributed by atoms with van der Waals surface area (Å²) in [4.78, 5) is 25.6. The van der Waals surface area contributed by atoms with Crippen LogP contribution < -0.4 is 5.32 Å². The summed E-state index contributed by atoms with van der Waals surface area (Å²) in [5.41, 5.74) is 3.90. The molecule has 1 saturated heterocycles. The van der Waals surface area contributed by atoms with Crippen LogP contribution in [0.5, 0.6) is 0 Å². The molecule has 3 rings (SSSR count). The zero-order chi connectivity index (χ0) is 19.2. The molecule has 1 aliphatic rings. The highest BCUT2D eigenvalue weighted by atomic mass is 16.4. The maximum Gasteiger partial charge on any atom is 0.320 e. The molecule has 2 N–H and O–H groups in total. The van der Waals surface area contributed by atoms with E-state index in [0.717, 1.165) is 17.0 Å². The first-order valence-corrected chi connectivity index (χ1v) is 8.47. The molecule has 0 aromatic carbocycles. The van der Waals surface area contributed by atoms with Gasteiger partial charge in [-0.05, 0) is 33.4 Å². The van der Waals surface area contributed by atoms with E-state index in [4.69, 9.17) is 0 Å². The molecule has 9 nitrogen and oxygen atoms in total. The molecule has 0 unspecified atom stereocenters. The molecule has 2 aromatic rings. The molecule has 0 bridgehead atoms. The minimum atomic E-state index is -0.866. The summed E-state index contributed by atoms with van der Waals surface area (Å²) in [7, 11) is 5.35. The number of hydrogen-bond acceptors (Lipinski definition) is 5. The van der Waals surface area contributed by atoms with Crippen molar-refractivity contribution >= 4 is 11.9 Å². The molecule has 140 valence electrons. The Labute approximate surface area is 151 Å². The lowest BCUT2D eigenvalue weighted by atomic mass is 10.1. The number of nitrogens with one attached hydrogen (secondary N) is 1. The number of carboxylic acid groups (broad SMARTS) is 1. The zero-order valence-corrected chi connectivity index (χ0v) is 15.6. The average molecular weight is 360 g/mol. The molecule has 0 radical (unpaired) electrons. The van der Waals surface area contributed by atoms with Crippen molar-refractivity contribution < 1.29 is 14.7 Å². The number of aryl methyl sites for hydroxylation is 3. The fraction of sp³-hybridized carbons (Fsp3) is 0.529. The number of carbonyl (C=O) groups is 2. The highest BCUT2D eigenvalue weighted by Crippen LogP contribution is 2.26. The van der Waals surface area contributed by atoms with E-state index in [-0.39, 0.29) is 11.9 Å². The second-order valence-electron chi connectivity index (χ2n) is 6.91. The van der Waals surface area contributed by atoms with Gasteiger partial charge in [0.05, 0.1) is 11.4 Å². The van der Waals surface area contributed by atoms with Crippen LogP contribution in [0.15, 0.2) is 6.07 Å². The van der Waals surface area contributed by atoms with Crippen LogP contribution in [0.4, 0.5) is 0 Å². The maximum atomic E-state index is 12.7. The van der Waals surface area contributed by atoms with Gasteiger partial charge in [0.1, 0.15) is 11.7 Å². The van der Waals surface area contributed by atoms with Crippen molar-refractivity contribution in [2.45, 2.75) is 32.4 Å². The molecular formula is C17H24N6O3. The minimum absolute atomic E-state index is 0.200. The van der Waals surface area contributed by atoms with Gasteiger partial charge in [0, 0.05) is 37.9 Å². The molecule has 0 aliphatic carbocycles. The van der Waals surface area contributed by atoms with E-state index in [0.29, 0.717) is 24.4 Å². The first kappa shape index (κ1) is 18.1. The Morgan fingerprint density at radius 3 is 2.42 bits per heavy atom. The van der Waals surface area contributed by atoms with E-state index < -0.39 is 12.0 Å². The smallest absolute Gasteiger partial charge is 0.320 e. The van der Waals surface area contributed by atoms with Gasteiger partial charge in [-0.2, -0.15) is 10.2 Å². The second-order valence-corrected chi connectivity index (χ2v) is 6.91. The van der Waals surface area contributed by atoms with Crippen LogP contribution in [-0.2, 0) is 18.9 Å². The highest BCUT2D eigenvalue weighted by Gasteiger charge is 2.35. The largest absolute Gasteiger partial charge is 0.480 e. The fourth-order valence-electron chi connectivity index (χ4n) is 3.60. The Balaban J connectivity index is 1.79. The van der Waals surface area contributed by atoms with Crippen LogP contribution in [0, 0.1) is 13.8 Å². The number of likely N-dealkylation sites (N-methyl/N-ethyl adjacent to an activating group) is 1. The summed E-state index contributed by atoms with van der Waals surface area (Å²) in [6.45, 7) is 4.38. The summed E-state index contributed by atoms with van der Waals surface area (Å²) < 4.78 is 3.34. The lowest BCUT2D eigenvalue weighted by molar-refractivity contribution is -0.141. The summed E-state index contributed by atoms with van der Waals surface area (Å²) in [6, 6.07) is 0.983. The predicted octanol–water partition coefficient (Wildman–Crippen LogP) is 0.325. The predicted molar refractivity (Wildman–Crippen MR) is 94.8 cm³/mol. The number of rotatable bonds is 4. The van der Waals surface area contributed by atoms with Crippen molar-refractivity contribution in [2.24, 2.45) is 14.1 Å². The van der Waals surface area contributed by atoms with E-state index >= 15 is 0 Å². The summed E-state index contributed by atoms with van der Waals surface area (Å²) in [5, 5.41) is 21.0. The number of aliphatic carboxylic acids is 1. The highest BCUT2D eigenvalue weighted by molar-refractivity contribution is 5.94. The SMILES string of the molecule is Cc1nn(C)c(C)c1-c1cc(C(=O)N[C@H]2C[C@@H](C(=O)O)N(C)C2)n(C)n1. The van der Waals surface area contributed by atoms with Gasteiger partial charge in [-0.1, -0.05) is 0 Å². The quantitative estimate of drug-likeness (QED) is 0.814. The van der Waals surface area contributed by atoms with Gasteiger partial charge in [-0.25, -0.2) is 0 Å². The van der Waals surface area contributed by atoms with Gasteiger partial charge < -0.3 is 10.4 Å². The third-order valence-corrected chi connectivity index (χ3v) is 5.05. The van der Waals surface area contributed by atoms with E-state index in [1.807, 2.05) is 20.9 Å². The summed E-state index contributed by atoms with van der Waals surface area (Å²) in [5.74, 6) is -1.12. The molecule has 1 fully saturated rings. The molecule has 2 atom stereocenters. The molecule has 0 spiro atoms. The number of amides is 1. The Morgan fingerprint density at radius 1 is 1.19 bits per heavy atom. The molecule has 26 heavy (non-hydrogen) atoms. The lowest BCUT2D eigenvalue weighted by Crippen LogP contribution is -2.37. The van der Waals surface area contributed by atoms with Crippen LogP contribution >= 0.6 is 0 Å². The Bertz CT molecular complexity index is 868. The average Bonchev–Trinajstić information content (AvgIpc) is 3.16. The Hall–Kier alpha value is -2.68. The van der Waals surface area contributed by atoms with Crippen molar-refractivity contribution in [1.29, 1.82) is 0 Å². The van der Waals surface area contributed by atoms with E-state index in [1.165, 1.54) is 0 Å². The normalized spacial score (nSPS) is 20.5. The molecule has 0 saturated carbocycles. The summed E-state index contributed by atoms with van der Waals surface area (Å²) in [6.07, 6.45) is 0.392. The third-order valence-electron chi connectivity index (χ3n) is 5.05. The van der Waals surface area contributed by atoms with Gasteiger partial charge in [0.25, 0.3) is 5.91 Å². The van der Waals surface area contributed by atoms with Crippen LogP contribution in [0.2, 0.25) is 0 Å². The van der Waals surface area contributed by atoms with Crippen LogP contribution in [0.25, 0.3) is 11.3 Å². The van der Waals surface area contributed by atoms with Gasteiger partial charge in [-0.3, -0.25) is 23.9 Å². The van der Waals surface area contributed by atoms with Crippen molar-refractivity contribution in [1.82, 2.24) is 29.8 Å². The molecule has 1 aliphatic heterocycles. The van der Waals surface area contributed by atoms with Crippen molar-refractivity contribution in [3.05, 3.63) is 23.1 Å².